The molecular formula is C21H25N3O3. The van der Waals surface area contributed by atoms with Crippen LogP contribution in [0.15, 0.2) is 47.1 Å². The number of piperidine rings is 1. The Hall–Kier alpha value is -2.60. The fourth-order valence-corrected chi connectivity index (χ4v) is 4.20. The van der Waals surface area contributed by atoms with Crippen LogP contribution in [-0.2, 0) is 0 Å². The predicted molar refractivity (Wildman–Crippen MR) is 103 cm³/mol. The van der Waals surface area contributed by atoms with E-state index >= 15 is 0 Å². The third-order valence-corrected chi connectivity index (χ3v) is 5.98. The number of rotatable bonds is 3. The Kier molecular flexibility index (Phi) is 4.74. The number of likely N-dealkylation sites (tertiary alicyclic amines) is 1. The summed E-state index contributed by atoms with van der Waals surface area (Å²) >= 11 is 0. The number of benzene rings is 1. The van der Waals surface area contributed by atoms with Gasteiger partial charge in [-0.05, 0) is 55.5 Å². The molecule has 6 nitrogen and oxygen atoms in total. The molecule has 0 radical (unpaired) electrons. The molecule has 0 saturated carbocycles. The molecule has 2 aromatic rings. The van der Waals surface area contributed by atoms with Gasteiger partial charge in [-0.1, -0.05) is 12.1 Å². The van der Waals surface area contributed by atoms with Gasteiger partial charge in [-0.3, -0.25) is 9.59 Å². The van der Waals surface area contributed by atoms with E-state index in [0.717, 1.165) is 39.0 Å². The molecule has 2 aliphatic heterocycles. The van der Waals surface area contributed by atoms with E-state index in [1.54, 1.807) is 31.3 Å². The minimum absolute atomic E-state index is 0.00880. The van der Waals surface area contributed by atoms with Crippen LogP contribution in [0.1, 0.15) is 40.2 Å². The topological polar surface area (TPSA) is 65.8 Å². The SMILES string of the molecule is CN(C(=O)c1ccco1)c1ccccc1C(=O)N1CCC2(CCNC2)CC1. The summed E-state index contributed by atoms with van der Waals surface area (Å²) in [6.07, 6.45) is 4.75. The average Bonchev–Trinajstić information content (AvgIpc) is 3.40. The largest absolute Gasteiger partial charge is 0.459 e. The zero-order valence-corrected chi connectivity index (χ0v) is 15.6. The van der Waals surface area contributed by atoms with Crippen molar-refractivity contribution < 1.29 is 14.0 Å². The second kappa shape index (κ2) is 7.19. The number of nitrogens with zero attached hydrogens (tertiary/aromatic N) is 2. The quantitative estimate of drug-likeness (QED) is 0.906. The number of para-hydroxylation sites is 1. The maximum absolute atomic E-state index is 13.2. The van der Waals surface area contributed by atoms with Gasteiger partial charge in [-0.2, -0.15) is 0 Å². The summed E-state index contributed by atoms with van der Waals surface area (Å²) in [6, 6.07) is 10.6. The monoisotopic (exact) mass is 367 g/mol. The zero-order chi connectivity index (χ0) is 18.9. The first kappa shape index (κ1) is 17.8. The summed E-state index contributed by atoms with van der Waals surface area (Å²) in [5.41, 5.74) is 1.52. The van der Waals surface area contributed by atoms with Crippen LogP contribution in [0.3, 0.4) is 0 Å². The van der Waals surface area contributed by atoms with E-state index in [4.69, 9.17) is 4.42 Å². The van der Waals surface area contributed by atoms with Crippen molar-refractivity contribution in [3.8, 4) is 0 Å². The molecule has 27 heavy (non-hydrogen) atoms. The highest BCUT2D eigenvalue weighted by Gasteiger charge is 2.38. The minimum atomic E-state index is -0.269. The van der Waals surface area contributed by atoms with Gasteiger partial charge in [0.05, 0.1) is 17.5 Å². The summed E-state index contributed by atoms with van der Waals surface area (Å²) in [5, 5.41) is 3.45. The number of furan rings is 1. The highest BCUT2D eigenvalue weighted by atomic mass is 16.3. The van der Waals surface area contributed by atoms with Gasteiger partial charge in [0, 0.05) is 26.7 Å². The molecule has 2 aliphatic rings. The maximum Gasteiger partial charge on any atom is 0.293 e. The Balaban J connectivity index is 1.52. The van der Waals surface area contributed by atoms with Crippen LogP contribution in [0.5, 0.6) is 0 Å². The second-order valence-electron chi connectivity index (χ2n) is 7.58. The number of hydrogen-bond acceptors (Lipinski definition) is 4. The minimum Gasteiger partial charge on any atom is -0.459 e. The smallest absolute Gasteiger partial charge is 0.293 e. The number of amides is 2. The first-order chi connectivity index (χ1) is 13.1. The Morgan fingerprint density at radius 1 is 1.11 bits per heavy atom. The number of carbonyl (C=O) groups excluding carboxylic acids is 2. The summed E-state index contributed by atoms with van der Waals surface area (Å²) in [7, 11) is 1.67. The second-order valence-corrected chi connectivity index (χ2v) is 7.58. The zero-order valence-electron chi connectivity index (χ0n) is 15.6. The molecule has 2 saturated heterocycles. The molecular weight excluding hydrogens is 342 g/mol. The normalized spacial score (nSPS) is 18.6. The van der Waals surface area contributed by atoms with Crippen molar-refractivity contribution >= 4 is 17.5 Å². The van der Waals surface area contributed by atoms with Crippen molar-refractivity contribution in [2.45, 2.75) is 19.3 Å². The van der Waals surface area contributed by atoms with E-state index in [1.165, 1.54) is 17.6 Å². The van der Waals surface area contributed by atoms with E-state index in [2.05, 4.69) is 5.32 Å². The fraction of sp³-hybridized carbons (Fsp3) is 0.429. The first-order valence-electron chi connectivity index (χ1n) is 9.50. The standard InChI is InChI=1S/C21H25N3O3/c1-23(20(26)18-7-4-14-27-18)17-6-3-2-5-16(17)19(25)24-12-9-21(10-13-24)8-11-22-15-21/h2-7,14,22H,8-13,15H2,1H3. The van der Waals surface area contributed by atoms with Gasteiger partial charge in [0.1, 0.15) is 0 Å². The summed E-state index contributed by atoms with van der Waals surface area (Å²) in [6.45, 7) is 3.68. The lowest BCUT2D eigenvalue weighted by molar-refractivity contribution is 0.0608. The van der Waals surface area contributed by atoms with Gasteiger partial charge in [-0.15, -0.1) is 0 Å². The molecule has 2 fully saturated rings. The highest BCUT2D eigenvalue weighted by molar-refractivity contribution is 6.09. The molecule has 1 N–H and O–H groups in total. The summed E-state index contributed by atoms with van der Waals surface area (Å²) < 4.78 is 5.22. The van der Waals surface area contributed by atoms with Crippen molar-refractivity contribution in [3.63, 3.8) is 0 Å². The van der Waals surface area contributed by atoms with Gasteiger partial charge in [0.25, 0.3) is 11.8 Å². The van der Waals surface area contributed by atoms with Gasteiger partial charge >= 0.3 is 0 Å². The van der Waals surface area contributed by atoms with Gasteiger partial charge in [0.2, 0.25) is 0 Å². The molecule has 3 heterocycles. The number of carbonyl (C=O) groups is 2. The van der Waals surface area contributed by atoms with E-state index in [1.807, 2.05) is 17.0 Å². The Labute approximate surface area is 159 Å². The summed E-state index contributed by atoms with van der Waals surface area (Å²) in [5.74, 6) is -0.0197. The number of hydrogen-bond donors (Lipinski definition) is 1. The Morgan fingerprint density at radius 2 is 1.89 bits per heavy atom. The Morgan fingerprint density at radius 3 is 2.56 bits per heavy atom. The van der Waals surface area contributed by atoms with Crippen molar-refractivity contribution in [1.82, 2.24) is 10.2 Å². The number of nitrogens with one attached hydrogen (secondary N) is 1. The Bertz CT molecular complexity index is 815. The molecule has 0 aliphatic carbocycles. The highest BCUT2D eigenvalue weighted by Crippen LogP contribution is 2.37. The fourth-order valence-electron chi connectivity index (χ4n) is 4.20. The van der Waals surface area contributed by atoms with Crippen LogP contribution in [0, 0.1) is 5.41 Å². The molecule has 4 rings (SSSR count). The molecule has 6 heteroatoms. The average molecular weight is 367 g/mol. The maximum atomic E-state index is 13.2. The lowest BCUT2D eigenvalue weighted by Gasteiger charge is -2.39. The van der Waals surface area contributed by atoms with Crippen molar-refractivity contribution in [3.05, 3.63) is 54.0 Å². The van der Waals surface area contributed by atoms with Crippen molar-refractivity contribution in [2.75, 3.05) is 38.1 Å². The number of anilines is 1. The predicted octanol–water partition coefficient (Wildman–Crippen LogP) is 2.77. The van der Waals surface area contributed by atoms with Gasteiger partial charge in [-0.25, -0.2) is 0 Å². The van der Waals surface area contributed by atoms with Crippen LogP contribution in [0.2, 0.25) is 0 Å². The molecule has 0 unspecified atom stereocenters. The van der Waals surface area contributed by atoms with E-state index in [-0.39, 0.29) is 17.6 Å². The third-order valence-electron chi connectivity index (χ3n) is 5.98. The van der Waals surface area contributed by atoms with Gasteiger partial charge < -0.3 is 19.5 Å². The van der Waals surface area contributed by atoms with Crippen molar-refractivity contribution in [1.29, 1.82) is 0 Å². The van der Waals surface area contributed by atoms with E-state index in [0.29, 0.717) is 16.7 Å². The van der Waals surface area contributed by atoms with Crippen molar-refractivity contribution in [2.24, 2.45) is 5.41 Å². The lowest BCUT2D eigenvalue weighted by Crippen LogP contribution is -2.44. The third kappa shape index (κ3) is 3.37. The molecule has 2 amide bonds. The molecule has 1 aromatic carbocycles. The lowest BCUT2D eigenvalue weighted by atomic mass is 9.78. The van der Waals surface area contributed by atoms with Gasteiger partial charge in [0.15, 0.2) is 5.76 Å². The summed E-state index contributed by atoms with van der Waals surface area (Å²) in [4.78, 5) is 29.2. The molecule has 1 aromatic heterocycles. The van der Waals surface area contributed by atoms with Crippen LogP contribution in [0.25, 0.3) is 0 Å². The molecule has 0 atom stereocenters. The van der Waals surface area contributed by atoms with Crippen LogP contribution in [0.4, 0.5) is 5.69 Å². The van der Waals surface area contributed by atoms with Crippen LogP contribution >= 0.6 is 0 Å². The van der Waals surface area contributed by atoms with E-state index < -0.39 is 0 Å². The molecule has 0 bridgehead atoms. The van der Waals surface area contributed by atoms with E-state index in [9.17, 15) is 9.59 Å². The first-order valence-corrected chi connectivity index (χ1v) is 9.50. The van der Waals surface area contributed by atoms with Crippen LogP contribution in [-0.4, -0.2) is 49.9 Å². The molecule has 1 spiro atoms. The molecule has 142 valence electrons. The van der Waals surface area contributed by atoms with Crippen LogP contribution < -0.4 is 10.2 Å².